The molecule has 1 nitrogen and oxygen atoms in total. The second kappa shape index (κ2) is 4.49. The summed E-state index contributed by atoms with van der Waals surface area (Å²) in [4.78, 5) is 0. The summed E-state index contributed by atoms with van der Waals surface area (Å²) in [6, 6.07) is 6.15. The van der Waals surface area contributed by atoms with Crippen molar-refractivity contribution >= 4 is 0 Å². The Labute approximate surface area is 99.9 Å². The minimum Gasteiger partial charge on any atom is -0.206 e. The van der Waals surface area contributed by atoms with Gasteiger partial charge < -0.3 is 0 Å². The molecule has 5 heteroatoms. The lowest BCUT2D eigenvalue weighted by molar-refractivity contribution is 0.508. The van der Waals surface area contributed by atoms with Crippen LogP contribution in [0.1, 0.15) is 5.56 Å². The summed E-state index contributed by atoms with van der Waals surface area (Å²) < 4.78 is 53.7. The largest absolute Gasteiger partial charge is 0.206 e. The lowest BCUT2D eigenvalue weighted by Crippen LogP contribution is -1.96. The van der Waals surface area contributed by atoms with Crippen LogP contribution in [0.4, 0.5) is 17.6 Å². The Morgan fingerprint density at radius 1 is 0.889 bits per heavy atom. The maximum Gasteiger partial charge on any atom is 0.166 e. The van der Waals surface area contributed by atoms with E-state index in [1.165, 1.54) is 0 Å². The Kier molecular flexibility index (Phi) is 3.02. The zero-order valence-electron chi connectivity index (χ0n) is 8.85. The third-order valence-corrected chi connectivity index (χ3v) is 2.39. The highest BCUT2D eigenvalue weighted by molar-refractivity contribution is 5.66. The number of nitrogens with zero attached hydrogens (tertiary/aromatic N) is 1. The van der Waals surface area contributed by atoms with Crippen LogP contribution in [0.5, 0.6) is 0 Å². The van der Waals surface area contributed by atoms with E-state index in [1.807, 2.05) is 0 Å². The zero-order valence-corrected chi connectivity index (χ0v) is 8.85. The number of rotatable bonds is 1. The van der Waals surface area contributed by atoms with E-state index in [0.29, 0.717) is 0 Å². The molecule has 2 aromatic rings. The molecule has 0 fully saturated rings. The molecule has 0 aliphatic carbocycles. The number of nitriles is 1. The molecule has 0 atom stereocenters. The maximum absolute atomic E-state index is 13.6. The fraction of sp³-hybridized carbons (Fsp3) is 0. The standard InChI is InChI=1S/C13H5F4N/c14-9-3-1-2-8(13(9)17)12-10(15)4-7(6-18)5-11(12)16/h1-5H. The van der Waals surface area contributed by atoms with Crippen LogP contribution in [-0.4, -0.2) is 0 Å². The maximum atomic E-state index is 13.6. The van der Waals surface area contributed by atoms with Gasteiger partial charge in [0, 0.05) is 5.56 Å². The van der Waals surface area contributed by atoms with Gasteiger partial charge >= 0.3 is 0 Å². The first-order chi connectivity index (χ1) is 8.54. The molecule has 0 aromatic heterocycles. The number of benzene rings is 2. The minimum absolute atomic E-state index is 0.231. The van der Waals surface area contributed by atoms with E-state index in [0.717, 1.165) is 30.3 Å². The molecular formula is C13H5F4N. The summed E-state index contributed by atoms with van der Waals surface area (Å²) in [5, 5.41) is 8.53. The van der Waals surface area contributed by atoms with Gasteiger partial charge in [0.15, 0.2) is 11.6 Å². The van der Waals surface area contributed by atoms with Crippen molar-refractivity contribution < 1.29 is 17.6 Å². The highest BCUT2D eigenvalue weighted by atomic mass is 19.2. The lowest BCUT2D eigenvalue weighted by atomic mass is 10.0. The summed E-state index contributed by atoms with van der Waals surface area (Å²) in [7, 11) is 0. The molecule has 0 bridgehead atoms. The first-order valence-corrected chi connectivity index (χ1v) is 4.88. The lowest BCUT2D eigenvalue weighted by Gasteiger charge is -2.07. The average Bonchev–Trinajstić information content (AvgIpc) is 2.33. The van der Waals surface area contributed by atoms with E-state index in [-0.39, 0.29) is 5.56 Å². The van der Waals surface area contributed by atoms with Gasteiger partial charge in [-0.05, 0) is 18.2 Å². The van der Waals surface area contributed by atoms with Gasteiger partial charge in [0.2, 0.25) is 0 Å². The molecule has 2 rings (SSSR count). The molecule has 90 valence electrons. The smallest absolute Gasteiger partial charge is 0.166 e. The molecule has 0 amide bonds. The SMILES string of the molecule is N#Cc1cc(F)c(-c2cccc(F)c2F)c(F)c1. The van der Waals surface area contributed by atoms with Gasteiger partial charge in [0.25, 0.3) is 0 Å². The number of hydrogen-bond acceptors (Lipinski definition) is 1. The number of hydrogen-bond donors (Lipinski definition) is 0. The van der Waals surface area contributed by atoms with Crippen LogP contribution < -0.4 is 0 Å². The topological polar surface area (TPSA) is 23.8 Å². The van der Waals surface area contributed by atoms with Crippen LogP contribution in [0.15, 0.2) is 30.3 Å². The molecule has 0 unspecified atom stereocenters. The second-order valence-corrected chi connectivity index (χ2v) is 3.53. The van der Waals surface area contributed by atoms with E-state index in [9.17, 15) is 17.6 Å². The van der Waals surface area contributed by atoms with E-state index in [1.54, 1.807) is 6.07 Å². The Bertz CT molecular complexity index is 636. The predicted octanol–water partition coefficient (Wildman–Crippen LogP) is 3.78. The molecular weight excluding hydrogens is 246 g/mol. The molecule has 0 saturated carbocycles. The first kappa shape index (κ1) is 12.1. The highest BCUT2D eigenvalue weighted by Gasteiger charge is 2.18. The Morgan fingerprint density at radius 3 is 2.06 bits per heavy atom. The normalized spacial score (nSPS) is 10.2. The third kappa shape index (κ3) is 1.93. The first-order valence-electron chi connectivity index (χ1n) is 4.88. The Balaban J connectivity index is 2.73. The molecule has 0 aliphatic heterocycles. The average molecular weight is 251 g/mol. The van der Waals surface area contributed by atoms with Crippen LogP contribution in [0.3, 0.4) is 0 Å². The molecule has 0 aliphatic rings. The number of halogens is 4. The Morgan fingerprint density at radius 2 is 1.50 bits per heavy atom. The highest BCUT2D eigenvalue weighted by Crippen LogP contribution is 2.30. The van der Waals surface area contributed by atoms with Crippen LogP contribution in [0.25, 0.3) is 11.1 Å². The van der Waals surface area contributed by atoms with E-state index < -0.39 is 34.4 Å². The molecule has 0 saturated heterocycles. The van der Waals surface area contributed by atoms with Crippen molar-refractivity contribution in [2.24, 2.45) is 0 Å². The van der Waals surface area contributed by atoms with Crippen molar-refractivity contribution in [3.05, 3.63) is 59.2 Å². The molecule has 0 N–H and O–H groups in total. The van der Waals surface area contributed by atoms with Gasteiger partial charge in [-0.25, -0.2) is 17.6 Å². The van der Waals surface area contributed by atoms with E-state index in [2.05, 4.69) is 0 Å². The summed E-state index contributed by atoms with van der Waals surface area (Å²) in [5.74, 6) is -4.76. The molecule has 0 spiro atoms. The van der Waals surface area contributed by atoms with Crippen LogP contribution in [0, 0.1) is 34.6 Å². The van der Waals surface area contributed by atoms with E-state index >= 15 is 0 Å². The van der Waals surface area contributed by atoms with Crippen molar-refractivity contribution in [1.29, 1.82) is 5.26 Å². The summed E-state index contributed by atoms with van der Waals surface area (Å²) in [6.07, 6.45) is 0. The van der Waals surface area contributed by atoms with Gasteiger partial charge in [-0.1, -0.05) is 12.1 Å². The molecule has 0 heterocycles. The van der Waals surface area contributed by atoms with E-state index in [4.69, 9.17) is 5.26 Å². The van der Waals surface area contributed by atoms with Crippen molar-refractivity contribution in [3.63, 3.8) is 0 Å². The zero-order chi connectivity index (χ0) is 13.3. The van der Waals surface area contributed by atoms with Crippen molar-refractivity contribution in [2.75, 3.05) is 0 Å². The van der Waals surface area contributed by atoms with Gasteiger partial charge in [-0.3, -0.25) is 0 Å². The summed E-state index contributed by atoms with van der Waals surface area (Å²) in [5.41, 5.74) is -1.44. The molecule has 2 aromatic carbocycles. The summed E-state index contributed by atoms with van der Waals surface area (Å²) in [6.45, 7) is 0. The van der Waals surface area contributed by atoms with Crippen molar-refractivity contribution in [3.8, 4) is 17.2 Å². The summed E-state index contributed by atoms with van der Waals surface area (Å²) >= 11 is 0. The van der Waals surface area contributed by atoms with Crippen LogP contribution in [0.2, 0.25) is 0 Å². The fourth-order valence-electron chi connectivity index (χ4n) is 1.59. The van der Waals surface area contributed by atoms with Crippen LogP contribution >= 0.6 is 0 Å². The van der Waals surface area contributed by atoms with Gasteiger partial charge in [0.1, 0.15) is 11.6 Å². The monoisotopic (exact) mass is 251 g/mol. The van der Waals surface area contributed by atoms with Gasteiger partial charge in [-0.15, -0.1) is 0 Å². The van der Waals surface area contributed by atoms with Gasteiger partial charge in [-0.2, -0.15) is 5.26 Å². The quantitative estimate of drug-likeness (QED) is 0.707. The second-order valence-electron chi connectivity index (χ2n) is 3.53. The predicted molar refractivity (Wildman–Crippen MR) is 56.4 cm³/mol. The van der Waals surface area contributed by atoms with Crippen molar-refractivity contribution in [2.45, 2.75) is 0 Å². The Hall–Kier alpha value is -2.35. The minimum atomic E-state index is -1.33. The van der Waals surface area contributed by atoms with Crippen molar-refractivity contribution in [1.82, 2.24) is 0 Å². The molecule has 0 radical (unpaired) electrons. The van der Waals surface area contributed by atoms with Gasteiger partial charge in [0.05, 0.1) is 17.2 Å². The molecule has 18 heavy (non-hydrogen) atoms. The third-order valence-electron chi connectivity index (χ3n) is 2.39. The fourth-order valence-corrected chi connectivity index (χ4v) is 1.59. The van der Waals surface area contributed by atoms with Crippen LogP contribution in [-0.2, 0) is 0 Å².